The summed E-state index contributed by atoms with van der Waals surface area (Å²) in [5, 5.41) is 5.55. The van der Waals surface area contributed by atoms with Gasteiger partial charge in [-0.15, -0.1) is 0 Å². The van der Waals surface area contributed by atoms with Crippen LogP contribution < -0.4 is 10.6 Å². The SMILES string of the molecule is CC1(N)CCN(c2cnc3c(Sc4cccc(Cl)c4Cl)cnn3c2)CC1. The Morgan fingerprint density at radius 2 is 1.92 bits per heavy atom. The molecule has 1 aliphatic rings. The molecule has 26 heavy (non-hydrogen) atoms. The van der Waals surface area contributed by atoms with E-state index in [0.717, 1.165) is 47.1 Å². The zero-order chi connectivity index (χ0) is 18.3. The van der Waals surface area contributed by atoms with Gasteiger partial charge < -0.3 is 10.6 Å². The summed E-state index contributed by atoms with van der Waals surface area (Å²) in [5.41, 5.74) is 8.02. The van der Waals surface area contributed by atoms with E-state index >= 15 is 0 Å². The Morgan fingerprint density at radius 3 is 2.69 bits per heavy atom. The molecule has 5 nitrogen and oxygen atoms in total. The molecule has 3 heterocycles. The Bertz CT molecular complexity index is 946. The fraction of sp³-hybridized carbons (Fsp3) is 0.333. The predicted octanol–water partition coefficient (Wildman–Crippen LogP) is 4.50. The van der Waals surface area contributed by atoms with E-state index in [-0.39, 0.29) is 5.54 Å². The maximum atomic E-state index is 6.29. The fourth-order valence-corrected chi connectivity index (χ4v) is 4.43. The van der Waals surface area contributed by atoms with E-state index < -0.39 is 0 Å². The lowest BCUT2D eigenvalue weighted by Crippen LogP contribution is -2.48. The molecule has 2 aromatic heterocycles. The van der Waals surface area contributed by atoms with Gasteiger partial charge in [-0.05, 0) is 31.9 Å². The predicted molar refractivity (Wildman–Crippen MR) is 108 cm³/mol. The minimum absolute atomic E-state index is 0.0697. The van der Waals surface area contributed by atoms with Crippen LogP contribution >= 0.6 is 35.0 Å². The van der Waals surface area contributed by atoms with Crippen LogP contribution in [0.5, 0.6) is 0 Å². The van der Waals surface area contributed by atoms with E-state index in [1.54, 1.807) is 12.3 Å². The number of hydrogen-bond donors (Lipinski definition) is 1. The van der Waals surface area contributed by atoms with Gasteiger partial charge >= 0.3 is 0 Å². The second kappa shape index (κ2) is 6.93. The normalized spacial score (nSPS) is 17.0. The number of rotatable bonds is 3. The monoisotopic (exact) mass is 407 g/mol. The van der Waals surface area contributed by atoms with Gasteiger partial charge in [-0.25, -0.2) is 9.50 Å². The molecule has 0 amide bonds. The van der Waals surface area contributed by atoms with Crippen LogP contribution in [-0.2, 0) is 0 Å². The summed E-state index contributed by atoms with van der Waals surface area (Å²) in [4.78, 5) is 8.77. The van der Waals surface area contributed by atoms with Gasteiger partial charge in [0.25, 0.3) is 0 Å². The van der Waals surface area contributed by atoms with E-state index in [1.807, 2.05) is 29.0 Å². The van der Waals surface area contributed by atoms with E-state index in [1.165, 1.54) is 11.8 Å². The number of benzene rings is 1. The first kappa shape index (κ1) is 17.9. The number of nitrogens with zero attached hydrogens (tertiary/aromatic N) is 4. The molecule has 136 valence electrons. The van der Waals surface area contributed by atoms with Gasteiger partial charge in [0.2, 0.25) is 0 Å². The van der Waals surface area contributed by atoms with Crippen molar-refractivity contribution in [1.29, 1.82) is 0 Å². The molecular formula is C18H19Cl2N5S. The summed E-state index contributed by atoms with van der Waals surface area (Å²) in [6, 6.07) is 5.60. The van der Waals surface area contributed by atoms with Gasteiger partial charge in [0.05, 0.1) is 39.2 Å². The van der Waals surface area contributed by atoms with Crippen LogP contribution in [0.15, 0.2) is 46.6 Å². The Balaban J connectivity index is 1.59. The molecule has 2 N–H and O–H groups in total. The van der Waals surface area contributed by atoms with Crippen LogP contribution in [0.3, 0.4) is 0 Å². The van der Waals surface area contributed by atoms with Crippen LogP contribution in [0.25, 0.3) is 5.65 Å². The minimum Gasteiger partial charge on any atom is -0.369 e. The highest BCUT2D eigenvalue weighted by molar-refractivity contribution is 7.99. The van der Waals surface area contributed by atoms with E-state index in [9.17, 15) is 0 Å². The number of anilines is 1. The lowest BCUT2D eigenvalue weighted by Gasteiger charge is -2.37. The Hall–Kier alpha value is -1.47. The molecule has 8 heteroatoms. The van der Waals surface area contributed by atoms with Crippen LogP contribution in [0.1, 0.15) is 19.8 Å². The van der Waals surface area contributed by atoms with Gasteiger partial charge in [-0.2, -0.15) is 5.10 Å². The molecule has 4 rings (SSSR count). The van der Waals surface area contributed by atoms with Gasteiger partial charge in [0.1, 0.15) is 0 Å². The second-order valence-corrected chi connectivity index (χ2v) is 8.75. The summed E-state index contributed by atoms with van der Waals surface area (Å²) < 4.78 is 1.81. The first-order valence-electron chi connectivity index (χ1n) is 8.42. The first-order valence-corrected chi connectivity index (χ1v) is 9.99. The fourth-order valence-electron chi connectivity index (χ4n) is 3.04. The number of fused-ring (bicyclic) bond motifs is 1. The summed E-state index contributed by atoms with van der Waals surface area (Å²) in [7, 11) is 0. The standard InChI is InChI=1S/C18H19Cl2N5S/c1-18(21)5-7-24(8-6-18)12-9-22-17-15(10-23-25(17)11-12)26-14-4-2-3-13(19)16(14)20/h2-4,9-11H,5-8,21H2,1H3. The van der Waals surface area contributed by atoms with Crippen molar-refractivity contribution in [2.75, 3.05) is 18.0 Å². The highest BCUT2D eigenvalue weighted by Gasteiger charge is 2.26. The zero-order valence-electron chi connectivity index (χ0n) is 14.3. The summed E-state index contributed by atoms with van der Waals surface area (Å²) in [6.07, 6.45) is 7.67. The number of hydrogen-bond acceptors (Lipinski definition) is 5. The summed E-state index contributed by atoms with van der Waals surface area (Å²) in [6.45, 7) is 3.98. The molecule has 0 atom stereocenters. The van der Waals surface area contributed by atoms with Crippen molar-refractivity contribution in [3.8, 4) is 0 Å². The van der Waals surface area contributed by atoms with Crippen molar-refractivity contribution in [1.82, 2.24) is 14.6 Å². The Labute approximate surface area is 166 Å². The van der Waals surface area contributed by atoms with Gasteiger partial charge in [0.15, 0.2) is 5.65 Å². The highest BCUT2D eigenvalue weighted by atomic mass is 35.5. The van der Waals surface area contributed by atoms with Crippen LogP contribution in [-0.4, -0.2) is 33.2 Å². The molecule has 1 fully saturated rings. The van der Waals surface area contributed by atoms with Crippen LogP contribution in [0.4, 0.5) is 5.69 Å². The third-order valence-corrected chi connectivity index (χ3v) is 6.72. The van der Waals surface area contributed by atoms with Crippen molar-refractivity contribution < 1.29 is 0 Å². The smallest absolute Gasteiger partial charge is 0.169 e. The van der Waals surface area contributed by atoms with E-state index in [2.05, 4.69) is 21.9 Å². The van der Waals surface area contributed by atoms with Gasteiger partial charge in [-0.3, -0.25) is 0 Å². The molecule has 0 bridgehead atoms. The average molecular weight is 408 g/mol. The van der Waals surface area contributed by atoms with Crippen molar-refractivity contribution in [3.63, 3.8) is 0 Å². The number of piperidine rings is 1. The molecule has 0 aliphatic carbocycles. The lowest BCUT2D eigenvalue weighted by atomic mass is 9.91. The summed E-state index contributed by atoms with van der Waals surface area (Å²) >= 11 is 13.9. The molecule has 3 aromatic rings. The van der Waals surface area contributed by atoms with Crippen molar-refractivity contribution >= 4 is 46.3 Å². The second-order valence-electron chi connectivity index (χ2n) is 6.88. The van der Waals surface area contributed by atoms with Gasteiger partial charge in [-0.1, -0.05) is 41.0 Å². The lowest BCUT2D eigenvalue weighted by molar-refractivity contribution is 0.364. The minimum atomic E-state index is -0.0697. The summed E-state index contributed by atoms with van der Waals surface area (Å²) in [5.74, 6) is 0. The van der Waals surface area contributed by atoms with Crippen molar-refractivity contribution in [2.24, 2.45) is 5.73 Å². The third-order valence-electron chi connectivity index (χ3n) is 4.72. The van der Waals surface area contributed by atoms with E-state index in [0.29, 0.717) is 10.0 Å². The molecule has 0 spiro atoms. The number of halogens is 2. The average Bonchev–Trinajstić information content (AvgIpc) is 3.01. The molecule has 0 unspecified atom stereocenters. The molecule has 1 aliphatic heterocycles. The van der Waals surface area contributed by atoms with Crippen LogP contribution in [0, 0.1) is 0 Å². The third kappa shape index (κ3) is 3.51. The van der Waals surface area contributed by atoms with E-state index in [4.69, 9.17) is 28.9 Å². The quantitative estimate of drug-likeness (QED) is 0.691. The molecular weight excluding hydrogens is 389 g/mol. The Morgan fingerprint density at radius 1 is 1.15 bits per heavy atom. The number of aromatic nitrogens is 3. The largest absolute Gasteiger partial charge is 0.369 e. The topological polar surface area (TPSA) is 59.5 Å². The first-order chi connectivity index (χ1) is 12.4. The van der Waals surface area contributed by atoms with Crippen LogP contribution in [0.2, 0.25) is 10.0 Å². The molecule has 0 saturated carbocycles. The molecule has 1 aromatic carbocycles. The Kier molecular flexibility index (Phi) is 4.77. The molecule has 0 radical (unpaired) electrons. The zero-order valence-corrected chi connectivity index (χ0v) is 16.7. The van der Waals surface area contributed by atoms with Crippen molar-refractivity contribution in [3.05, 3.63) is 46.8 Å². The molecule has 1 saturated heterocycles. The number of nitrogens with two attached hydrogens (primary N) is 1. The van der Waals surface area contributed by atoms with Crippen molar-refractivity contribution in [2.45, 2.75) is 35.1 Å². The highest BCUT2D eigenvalue weighted by Crippen LogP contribution is 2.38. The maximum absolute atomic E-state index is 6.29. The van der Waals surface area contributed by atoms with Gasteiger partial charge in [0, 0.05) is 23.5 Å². The maximum Gasteiger partial charge on any atom is 0.169 e.